The summed E-state index contributed by atoms with van der Waals surface area (Å²) in [5.74, 6) is 0. The Labute approximate surface area is 98.5 Å². The predicted octanol–water partition coefficient (Wildman–Crippen LogP) is 2.50. The third-order valence-corrected chi connectivity index (χ3v) is 3.24. The van der Waals surface area contributed by atoms with Crippen molar-refractivity contribution in [1.29, 1.82) is 0 Å². The second-order valence-electron chi connectivity index (χ2n) is 5.69. The Morgan fingerprint density at radius 2 is 1.50 bits per heavy atom. The molecule has 0 radical (unpaired) electrons. The fourth-order valence-electron chi connectivity index (χ4n) is 2.07. The molecule has 0 aliphatic carbocycles. The van der Waals surface area contributed by atoms with Gasteiger partial charge in [0.2, 0.25) is 0 Å². The van der Waals surface area contributed by atoms with E-state index in [-0.39, 0.29) is 12.0 Å². The minimum atomic E-state index is -0.968. The molecule has 0 heterocycles. The molecule has 0 saturated carbocycles. The van der Waals surface area contributed by atoms with Crippen molar-refractivity contribution in [3.05, 3.63) is 34.9 Å². The van der Waals surface area contributed by atoms with Crippen LogP contribution in [0, 0.1) is 19.3 Å². The molecule has 1 rings (SSSR count). The summed E-state index contributed by atoms with van der Waals surface area (Å²) in [4.78, 5) is 0. The van der Waals surface area contributed by atoms with Crippen LogP contribution < -0.4 is 5.73 Å². The smallest absolute Gasteiger partial charge is 0.107 e. The molecule has 0 aromatic heterocycles. The molecule has 3 N–H and O–H groups in total. The predicted molar refractivity (Wildman–Crippen MR) is 68.3 cm³/mol. The summed E-state index contributed by atoms with van der Waals surface area (Å²) in [6.45, 7) is 10.3. The van der Waals surface area contributed by atoms with Crippen LogP contribution in [0.15, 0.2) is 18.2 Å². The van der Waals surface area contributed by atoms with Gasteiger partial charge in [-0.2, -0.15) is 0 Å². The second kappa shape index (κ2) is 4.19. The van der Waals surface area contributed by atoms with Crippen LogP contribution in [0.1, 0.15) is 37.5 Å². The zero-order valence-electron chi connectivity index (χ0n) is 11.0. The molecule has 0 aliphatic heterocycles. The number of rotatable bonds is 2. The highest BCUT2D eigenvalue weighted by atomic mass is 16.3. The summed E-state index contributed by atoms with van der Waals surface area (Å²) < 4.78 is 0. The van der Waals surface area contributed by atoms with Crippen LogP contribution in [0.25, 0.3) is 0 Å². The molecule has 0 aliphatic rings. The Balaban J connectivity index is 3.34. The number of aliphatic hydroxyl groups is 1. The fraction of sp³-hybridized carbons (Fsp3) is 0.571. The zero-order chi connectivity index (χ0) is 12.6. The van der Waals surface area contributed by atoms with Gasteiger partial charge in [-0.15, -0.1) is 0 Å². The third kappa shape index (κ3) is 2.28. The molecule has 0 amide bonds. The first kappa shape index (κ1) is 13.2. The lowest BCUT2D eigenvalue weighted by Gasteiger charge is -2.40. The molecule has 0 spiro atoms. The van der Waals surface area contributed by atoms with Crippen molar-refractivity contribution in [2.45, 2.75) is 40.2 Å². The quantitative estimate of drug-likeness (QED) is 0.806. The molecule has 1 aromatic rings. The molecule has 0 fully saturated rings. The third-order valence-electron chi connectivity index (χ3n) is 3.24. The first-order valence-electron chi connectivity index (χ1n) is 5.72. The Morgan fingerprint density at radius 1 is 1.06 bits per heavy atom. The highest BCUT2D eigenvalue weighted by Gasteiger charge is 2.40. The van der Waals surface area contributed by atoms with Crippen molar-refractivity contribution >= 4 is 0 Å². The maximum Gasteiger partial charge on any atom is 0.107 e. The van der Waals surface area contributed by atoms with Crippen LogP contribution in [-0.2, 0) is 5.60 Å². The first-order chi connectivity index (χ1) is 7.20. The van der Waals surface area contributed by atoms with E-state index in [9.17, 15) is 5.11 Å². The van der Waals surface area contributed by atoms with Crippen LogP contribution >= 0.6 is 0 Å². The van der Waals surface area contributed by atoms with Gasteiger partial charge >= 0.3 is 0 Å². The van der Waals surface area contributed by atoms with Crippen molar-refractivity contribution < 1.29 is 5.11 Å². The van der Waals surface area contributed by atoms with Crippen molar-refractivity contribution in [3.63, 3.8) is 0 Å². The largest absolute Gasteiger partial charge is 0.383 e. The van der Waals surface area contributed by atoms with Crippen molar-refractivity contribution in [2.75, 3.05) is 6.54 Å². The summed E-state index contributed by atoms with van der Waals surface area (Å²) in [5, 5.41) is 10.8. The monoisotopic (exact) mass is 221 g/mol. The van der Waals surface area contributed by atoms with Gasteiger partial charge in [0.15, 0.2) is 0 Å². The molecule has 0 bridgehead atoms. The van der Waals surface area contributed by atoms with E-state index >= 15 is 0 Å². The molecule has 0 saturated heterocycles. The van der Waals surface area contributed by atoms with E-state index in [1.165, 1.54) is 0 Å². The summed E-state index contributed by atoms with van der Waals surface area (Å²) in [6.07, 6.45) is 0. The van der Waals surface area contributed by atoms with Crippen LogP contribution in [0.5, 0.6) is 0 Å². The Kier molecular flexibility index (Phi) is 3.46. The molecule has 16 heavy (non-hydrogen) atoms. The molecule has 90 valence electrons. The van der Waals surface area contributed by atoms with Crippen LogP contribution in [0.3, 0.4) is 0 Å². The lowest BCUT2D eigenvalue weighted by Crippen LogP contribution is -2.46. The van der Waals surface area contributed by atoms with Gasteiger partial charge in [0.25, 0.3) is 0 Å². The summed E-state index contributed by atoms with van der Waals surface area (Å²) >= 11 is 0. The molecular formula is C14H23NO. The maximum absolute atomic E-state index is 10.8. The average molecular weight is 221 g/mol. The van der Waals surface area contributed by atoms with Gasteiger partial charge in [-0.25, -0.2) is 0 Å². The Bertz CT molecular complexity index is 359. The Morgan fingerprint density at radius 3 is 1.81 bits per heavy atom. The summed E-state index contributed by atoms with van der Waals surface area (Å²) in [7, 11) is 0. The van der Waals surface area contributed by atoms with E-state index in [2.05, 4.69) is 6.07 Å². The molecular weight excluding hydrogens is 198 g/mol. The fourth-order valence-corrected chi connectivity index (χ4v) is 2.07. The van der Waals surface area contributed by atoms with Gasteiger partial charge in [-0.3, -0.25) is 0 Å². The zero-order valence-corrected chi connectivity index (χ0v) is 11.0. The van der Waals surface area contributed by atoms with Gasteiger partial charge in [0, 0.05) is 6.54 Å². The number of hydrogen-bond donors (Lipinski definition) is 2. The van der Waals surface area contributed by atoms with E-state index in [0.29, 0.717) is 0 Å². The number of nitrogens with two attached hydrogens (primary N) is 1. The van der Waals surface area contributed by atoms with Gasteiger partial charge in [0.1, 0.15) is 5.60 Å². The van der Waals surface area contributed by atoms with Gasteiger partial charge in [0.05, 0.1) is 0 Å². The minimum Gasteiger partial charge on any atom is -0.383 e. The normalized spacial score (nSPS) is 15.9. The van der Waals surface area contributed by atoms with Gasteiger partial charge in [-0.05, 0) is 24.8 Å². The molecule has 1 unspecified atom stereocenters. The van der Waals surface area contributed by atoms with Crippen LogP contribution in [-0.4, -0.2) is 11.7 Å². The minimum absolute atomic E-state index is 0.236. The topological polar surface area (TPSA) is 46.2 Å². The van der Waals surface area contributed by atoms with Crippen molar-refractivity contribution in [3.8, 4) is 0 Å². The van der Waals surface area contributed by atoms with Crippen LogP contribution in [0.2, 0.25) is 0 Å². The van der Waals surface area contributed by atoms with Gasteiger partial charge in [-0.1, -0.05) is 50.1 Å². The summed E-state index contributed by atoms with van der Waals surface area (Å²) in [5.41, 5.74) is 7.76. The average Bonchev–Trinajstić information content (AvgIpc) is 2.13. The van der Waals surface area contributed by atoms with E-state index in [1.807, 2.05) is 46.8 Å². The standard InChI is InChI=1S/C14H23NO/c1-10-6-11(2)8-12(7-10)14(16,9-15)13(3,4)5/h6-8,16H,9,15H2,1-5H3. The highest BCUT2D eigenvalue weighted by molar-refractivity contribution is 5.34. The lowest BCUT2D eigenvalue weighted by atomic mass is 9.71. The van der Waals surface area contributed by atoms with E-state index in [4.69, 9.17) is 5.73 Å². The first-order valence-corrected chi connectivity index (χ1v) is 5.72. The molecule has 2 nitrogen and oxygen atoms in total. The summed E-state index contributed by atoms with van der Waals surface area (Å²) in [6, 6.07) is 6.14. The van der Waals surface area contributed by atoms with Crippen molar-refractivity contribution in [1.82, 2.24) is 0 Å². The molecule has 1 atom stereocenters. The molecule has 2 heteroatoms. The van der Waals surface area contributed by atoms with E-state index < -0.39 is 5.60 Å². The van der Waals surface area contributed by atoms with Crippen molar-refractivity contribution in [2.24, 2.45) is 11.1 Å². The maximum atomic E-state index is 10.8. The number of aryl methyl sites for hydroxylation is 2. The molecule has 1 aromatic carbocycles. The SMILES string of the molecule is Cc1cc(C)cc(C(O)(CN)C(C)(C)C)c1. The van der Waals surface area contributed by atoms with E-state index in [0.717, 1.165) is 16.7 Å². The Hall–Kier alpha value is -0.860. The highest BCUT2D eigenvalue weighted by Crippen LogP contribution is 2.38. The van der Waals surface area contributed by atoms with Gasteiger partial charge < -0.3 is 10.8 Å². The van der Waals surface area contributed by atoms with Crippen LogP contribution in [0.4, 0.5) is 0 Å². The number of benzene rings is 1. The lowest BCUT2D eigenvalue weighted by molar-refractivity contribution is -0.0558. The number of hydrogen-bond acceptors (Lipinski definition) is 2. The van der Waals surface area contributed by atoms with E-state index in [1.54, 1.807) is 0 Å². The second-order valence-corrected chi connectivity index (χ2v) is 5.69.